The monoisotopic (exact) mass is 429 g/mol. The average Bonchev–Trinajstić information content (AvgIpc) is 3.32. The molecule has 0 bridgehead atoms. The molecule has 4 atom stereocenters. The van der Waals surface area contributed by atoms with Gasteiger partial charge in [-0.3, -0.25) is 9.59 Å². The third-order valence-electron chi connectivity index (χ3n) is 5.75. The number of pyridine rings is 1. The molecule has 3 aromatic rings. The number of carbonyl (C=O) groups is 1. The topological polar surface area (TPSA) is 105 Å². The Kier molecular flexibility index (Phi) is 4.60. The number of nitrogens with zero attached hydrogens (tertiary/aromatic N) is 4. The van der Waals surface area contributed by atoms with Gasteiger partial charge in [0.05, 0.1) is 18.3 Å². The Bertz CT molecular complexity index is 1220. The number of amides is 1. The summed E-state index contributed by atoms with van der Waals surface area (Å²) in [6.07, 6.45) is 2.24. The van der Waals surface area contributed by atoms with Crippen LogP contribution in [0.3, 0.4) is 0 Å². The van der Waals surface area contributed by atoms with Crippen LogP contribution in [0.2, 0.25) is 0 Å². The van der Waals surface area contributed by atoms with Gasteiger partial charge >= 0.3 is 0 Å². The molecule has 0 aromatic carbocycles. The molecule has 0 saturated heterocycles. The van der Waals surface area contributed by atoms with Crippen molar-refractivity contribution in [3.05, 3.63) is 46.5 Å². The van der Waals surface area contributed by atoms with Gasteiger partial charge in [0.15, 0.2) is 5.65 Å². The third-order valence-corrected chi connectivity index (χ3v) is 5.75. The van der Waals surface area contributed by atoms with Gasteiger partial charge in [0.1, 0.15) is 35.2 Å². The SMILES string of the molecule is CNc1cc(Nc2cccn([C@@H]3C[C@H]3F)c2=O)nc2c(C(=O)NC3CC[C@H]3F)cnn12. The van der Waals surface area contributed by atoms with Gasteiger partial charge in [0.2, 0.25) is 0 Å². The lowest BCUT2D eigenvalue weighted by atomic mass is 9.90. The highest BCUT2D eigenvalue weighted by atomic mass is 19.1. The Morgan fingerprint density at radius 2 is 2.06 bits per heavy atom. The molecule has 3 heterocycles. The number of rotatable bonds is 6. The van der Waals surface area contributed by atoms with E-state index >= 15 is 0 Å². The first-order chi connectivity index (χ1) is 15.0. The second-order valence-electron chi connectivity index (χ2n) is 7.82. The number of anilines is 3. The van der Waals surface area contributed by atoms with E-state index in [4.69, 9.17) is 0 Å². The number of fused-ring (bicyclic) bond motifs is 1. The Labute approximate surface area is 175 Å². The van der Waals surface area contributed by atoms with E-state index in [0.717, 1.165) is 0 Å². The molecule has 2 aliphatic carbocycles. The molecule has 3 N–H and O–H groups in total. The number of carbonyl (C=O) groups excluding carboxylic acids is 1. The summed E-state index contributed by atoms with van der Waals surface area (Å²) in [5.74, 6) is 0.375. The number of alkyl halides is 2. The summed E-state index contributed by atoms with van der Waals surface area (Å²) in [5.41, 5.74) is 0.332. The first kappa shape index (κ1) is 19.5. The highest BCUT2D eigenvalue weighted by Crippen LogP contribution is 2.37. The molecule has 2 fully saturated rings. The minimum Gasteiger partial charge on any atom is -0.373 e. The van der Waals surface area contributed by atoms with Crippen LogP contribution in [0.15, 0.2) is 35.4 Å². The summed E-state index contributed by atoms with van der Waals surface area (Å²) in [5, 5.41) is 12.8. The molecular formula is C20H21F2N7O2. The first-order valence-electron chi connectivity index (χ1n) is 10.1. The van der Waals surface area contributed by atoms with Crippen LogP contribution in [0.25, 0.3) is 5.65 Å². The summed E-state index contributed by atoms with van der Waals surface area (Å²) in [7, 11) is 1.69. The van der Waals surface area contributed by atoms with Gasteiger partial charge < -0.3 is 20.5 Å². The minimum atomic E-state index is -1.04. The van der Waals surface area contributed by atoms with Crippen molar-refractivity contribution in [1.82, 2.24) is 24.5 Å². The van der Waals surface area contributed by atoms with Crippen molar-refractivity contribution in [2.45, 2.75) is 43.7 Å². The Hall–Kier alpha value is -3.50. The second-order valence-corrected chi connectivity index (χ2v) is 7.82. The van der Waals surface area contributed by atoms with Crippen molar-refractivity contribution < 1.29 is 13.6 Å². The first-order valence-corrected chi connectivity index (χ1v) is 10.1. The summed E-state index contributed by atoms with van der Waals surface area (Å²) >= 11 is 0. The molecule has 0 spiro atoms. The van der Waals surface area contributed by atoms with Crippen LogP contribution in [0, 0.1) is 0 Å². The molecule has 9 nitrogen and oxygen atoms in total. The Morgan fingerprint density at radius 1 is 1.26 bits per heavy atom. The molecule has 1 unspecified atom stereocenters. The highest BCUT2D eigenvalue weighted by Gasteiger charge is 2.40. The standard InChI is InChI=1S/C20H21F2N7O2/c1-23-17-8-16(25-14-3-2-6-28(20(14)31)15-7-12(15)22)27-18-10(9-24-29(17)18)19(30)26-13-5-4-11(13)21/h2-3,6,8-9,11-13,15,23H,4-5,7H2,1H3,(H,25,27)(H,26,30)/t11-,12-,13?,15-/m1/s1. The van der Waals surface area contributed by atoms with Crippen molar-refractivity contribution in [1.29, 1.82) is 0 Å². The van der Waals surface area contributed by atoms with Crippen LogP contribution in [0.5, 0.6) is 0 Å². The average molecular weight is 429 g/mol. The largest absolute Gasteiger partial charge is 0.373 e. The molecule has 11 heteroatoms. The lowest BCUT2D eigenvalue weighted by Crippen LogP contribution is -2.48. The van der Waals surface area contributed by atoms with Crippen molar-refractivity contribution in [3.63, 3.8) is 0 Å². The summed E-state index contributed by atoms with van der Waals surface area (Å²) in [4.78, 5) is 29.8. The third kappa shape index (κ3) is 3.39. The minimum absolute atomic E-state index is 0.197. The molecular weight excluding hydrogens is 408 g/mol. The van der Waals surface area contributed by atoms with Gasteiger partial charge in [-0.1, -0.05) is 0 Å². The quantitative estimate of drug-likeness (QED) is 0.555. The fourth-order valence-corrected chi connectivity index (χ4v) is 3.68. The summed E-state index contributed by atoms with van der Waals surface area (Å²) in [6, 6.07) is 3.94. The Balaban J connectivity index is 1.48. The van der Waals surface area contributed by atoms with Crippen LogP contribution < -0.4 is 21.5 Å². The lowest BCUT2D eigenvalue weighted by Gasteiger charge is -2.30. The van der Waals surface area contributed by atoms with Gasteiger partial charge in [0, 0.05) is 25.7 Å². The predicted octanol–water partition coefficient (Wildman–Crippen LogP) is 2.19. The maximum absolute atomic E-state index is 13.6. The second kappa shape index (κ2) is 7.33. The van der Waals surface area contributed by atoms with Crippen molar-refractivity contribution >= 4 is 28.9 Å². The molecule has 1 amide bonds. The molecule has 2 saturated carbocycles. The van der Waals surface area contributed by atoms with E-state index in [2.05, 4.69) is 26.0 Å². The van der Waals surface area contributed by atoms with E-state index in [1.807, 2.05) is 0 Å². The molecule has 3 aromatic heterocycles. The van der Waals surface area contributed by atoms with E-state index in [1.165, 1.54) is 15.3 Å². The zero-order valence-corrected chi connectivity index (χ0v) is 16.7. The van der Waals surface area contributed by atoms with E-state index in [-0.39, 0.29) is 22.5 Å². The highest BCUT2D eigenvalue weighted by molar-refractivity contribution is 6.00. The normalized spacial score (nSPS) is 24.5. The van der Waals surface area contributed by atoms with E-state index in [9.17, 15) is 18.4 Å². The van der Waals surface area contributed by atoms with Crippen LogP contribution in [-0.4, -0.2) is 50.5 Å². The number of halogens is 2. The van der Waals surface area contributed by atoms with Gasteiger partial charge in [-0.05, 0) is 25.0 Å². The van der Waals surface area contributed by atoms with Crippen molar-refractivity contribution in [2.75, 3.05) is 17.7 Å². The maximum atomic E-state index is 13.6. The maximum Gasteiger partial charge on any atom is 0.274 e. The predicted molar refractivity (Wildman–Crippen MR) is 110 cm³/mol. The van der Waals surface area contributed by atoms with Crippen LogP contribution in [-0.2, 0) is 0 Å². The van der Waals surface area contributed by atoms with Gasteiger partial charge in [-0.25, -0.2) is 13.8 Å². The molecule has 0 radical (unpaired) electrons. The smallest absolute Gasteiger partial charge is 0.274 e. The molecule has 2 aliphatic rings. The lowest BCUT2D eigenvalue weighted by molar-refractivity contribution is 0.0826. The fraction of sp³-hybridized carbons (Fsp3) is 0.400. The number of hydrogen-bond donors (Lipinski definition) is 3. The van der Waals surface area contributed by atoms with Crippen LogP contribution in [0.1, 0.15) is 35.7 Å². The van der Waals surface area contributed by atoms with E-state index in [0.29, 0.717) is 30.9 Å². The Morgan fingerprint density at radius 3 is 2.71 bits per heavy atom. The summed E-state index contributed by atoms with van der Waals surface area (Å²) in [6.45, 7) is 0. The van der Waals surface area contributed by atoms with Gasteiger partial charge in [-0.15, -0.1) is 0 Å². The van der Waals surface area contributed by atoms with Gasteiger partial charge in [-0.2, -0.15) is 9.61 Å². The fourth-order valence-electron chi connectivity index (χ4n) is 3.68. The number of hydrogen-bond acceptors (Lipinski definition) is 6. The van der Waals surface area contributed by atoms with Crippen molar-refractivity contribution in [3.8, 4) is 0 Å². The van der Waals surface area contributed by atoms with E-state index in [1.54, 1.807) is 31.4 Å². The zero-order valence-electron chi connectivity index (χ0n) is 16.7. The number of aromatic nitrogens is 4. The molecule has 5 rings (SSSR count). The molecule has 0 aliphatic heterocycles. The van der Waals surface area contributed by atoms with Gasteiger partial charge in [0.25, 0.3) is 11.5 Å². The number of nitrogens with one attached hydrogen (secondary N) is 3. The van der Waals surface area contributed by atoms with E-state index < -0.39 is 30.3 Å². The van der Waals surface area contributed by atoms with Crippen molar-refractivity contribution in [2.24, 2.45) is 0 Å². The molecule has 162 valence electrons. The summed E-state index contributed by atoms with van der Waals surface area (Å²) < 4.78 is 29.8. The van der Waals surface area contributed by atoms with Crippen LogP contribution >= 0.6 is 0 Å². The zero-order chi connectivity index (χ0) is 21.7. The molecule has 31 heavy (non-hydrogen) atoms. The van der Waals surface area contributed by atoms with Crippen LogP contribution in [0.4, 0.5) is 26.1 Å².